The molecule has 2 unspecified atom stereocenters. The van der Waals surface area contributed by atoms with Crippen LogP contribution in [0, 0.1) is 12.8 Å². The second-order valence-electron chi connectivity index (χ2n) is 5.64. The minimum Gasteiger partial charge on any atom is -0.379 e. The highest BCUT2D eigenvalue weighted by Crippen LogP contribution is 2.16. The Hall–Kier alpha value is -0.900. The molecule has 1 aliphatic heterocycles. The Morgan fingerprint density at radius 3 is 2.68 bits per heavy atom. The molecule has 19 heavy (non-hydrogen) atoms. The van der Waals surface area contributed by atoms with Gasteiger partial charge < -0.3 is 15.0 Å². The van der Waals surface area contributed by atoms with Crippen LogP contribution in [0.15, 0.2) is 24.3 Å². The van der Waals surface area contributed by atoms with E-state index in [0.29, 0.717) is 12.0 Å². The predicted octanol–water partition coefficient (Wildman–Crippen LogP) is 2.05. The first-order valence-corrected chi connectivity index (χ1v) is 7.24. The van der Waals surface area contributed by atoms with Gasteiger partial charge in [0, 0.05) is 25.0 Å². The van der Waals surface area contributed by atoms with Crippen molar-refractivity contribution in [3.63, 3.8) is 0 Å². The van der Waals surface area contributed by atoms with Crippen LogP contribution in [-0.2, 0) is 11.3 Å². The highest BCUT2D eigenvalue weighted by Gasteiger charge is 2.28. The standard InChI is InChI=1S/C16H26N2O/c1-4-17-16-12-19-11-15(16)10-18(3)9-14-7-5-13(2)6-8-14/h5-8,15-17H,4,9-12H2,1-3H3. The zero-order valence-corrected chi connectivity index (χ0v) is 12.4. The van der Waals surface area contributed by atoms with Crippen molar-refractivity contribution in [3.8, 4) is 0 Å². The Balaban J connectivity index is 1.83. The lowest BCUT2D eigenvalue weighted by Gasteiger charge is -2.24. The molecule has 2 rings (SSSR count). The van der Waals surface area contributed by atoms with Gasteiger partial charge in [0.15, 0.2) is 0 Å². The largest absolute Gasteiger partial charge is 0.379 e. The van der Waals surface area contributed by atoms with Gasteiger partial charge in [-0.1, -0.05) is 36.8 Å². The van der Waals surface area contributed by atoms with E-state index in [-0.39, 0.29) is 0 Å². The Morgan fingerprint density at radius 2 is 2.00 bits per heavy atom. The first-order chi connectivity index (χ1) is 9.19. The summed E-state index contributed by atoms with van der Waals surface area (Å²) >= 11 is 0. The molecule has 0 saturated carbocycles. The maximum Gasteiger partial charge on any atom is 0.0623 e. The van der Waals surface area contributed by atoms with E-state index in [2.05, 4.69) is 55.4 Å². The molecular weight excluding hydrogens is 236 g/mol. The van der Waals surface area contributed by atoms with E-state index in [1.807, 2.05) is 0 Å². The van der Waals surface area contributed by atoms with Crippen LogP contribution < -0.4 is 5.32 Å². The van der Waals surface area contributed by atoms with Gasteiger partial charge in [0.2, 0.25) is 0 Å². The molecule has 1 aromatic carbocycles. The summed E-state index contributed by atoms with van der Waals surface area (Å²) in [7, 11) is 2.20. The van der Waals surface area contributed by atoms with E-state index < -0.39 is 0 Å². The maximum atomic E-state index is 5.60. The summed E-state index contributed by atoms with van der Waals surface area (Å²) in [6, 6.07) is 9.33. The topological polar surface area (TPSA) is 24.5 Å². The molecule has 0 bridgehead atoms. The van der Waals surface area contributed by atoms with Crippen LogP contribution in [0.5, 0.6) is 0 Å². The molecule has 106 valence electrons. The van der Waals surface area contributed by atoms with E-state index in [0.717, 1.165) is 32.8 Å². The van der Waals surface area contributed by atoms with E-state index in [1.54, 1.807) is 0 Å². The molecule has 1 heterocycles. The molecule has 0 spiro atoms. The Labute approximate surface area is 116 Å². The highest BCUT2D eigenvalue weighted by molar-refractivity contribution is 5.21. The lowest BCUT2D eigenvalue weighted by Crippen LogP contribution is -2.40. The summed E-state index contributed by atoms with van der Waals surface area (Å²) in [5.41, 5.74) is 2.70. The van der Waals surface area contributed by atoms with Gasteiger partial charge >= 0.3 is 0 Å². The van der Waals surface area contributed by atoms with Crippen LogP contribution in [0.1, 0.15) is 18.1 Å². The number of rotatable bonds is 6. The molecule has 3 heteroatoms. The van der Waals surface area contributed by atoms with Crippen molar-refractivity contribution in [2.24, 2.45) is 5.92 Å². The second kappa shape index (κ2) is 7.04. The number of hydrogen-bond donors (Lipinski definition) is 1. The third kappa shape index (κ3) is 4.30. The first-order valence-electron chi connectivity index (χ1n) is 7.24. The van der Waals surface area contributed by atoms with Crippen molar-refractivity contribution >= 4 is 0 Å². The van der Waals surface area contributed by atoms with Gasteiger partial charge in [0.05, 0.1) is 13.2 Å². The fourth-order valence-corrected chi connectivity index (χ4v) is 2.74. The molecule has 0 amide bonds. The number of benzene rings is 1. The van der Waals surface area contributed by atoms with Crippen molar-refractivity contribution in [1.29, 1.82) is 0 Å². The van der Waals surface area contributed by atoms with Crippen molar-refractivity contribution in [1.82, 2.24) is 10.2 Å². The molecule has 1 aliphatic rings. The summed E-state index contributed by atoms with van der Waals surface area (Å²) in [5.74, 6) is 0.607. The van der Waals surface area contributed by atoms with Gasteiger partial charge in [-0.3, -0.25) is 0 Å². The molecule has 1 aromatic rings. The summed E-state index contributed by atoms with van der Waals surface area (Å²) in [6.07, 6.45) is 0. The molecule has 1 saturated heterocycles. The fourth-order valence-electron chi connectivity index (χ4n) is 2.74. The molecule has 3 nitrogen and oxygen atoms in total. The predicted molar refractivity (Wildman–Crippen MR) is 79.3 cm³/mol. The number of nitrogens with zero attached hydrogens (tertiary/aromatic N) is 1. The zero-order chi connectivity index (χ0) is 13.7. The number of nitrogens with one attached hydrogen (secondary N) is 1. The quantitative estimate of drug-likeness (QED) is 0.849. The van der Waals surface area contributed by atoms with Gasteiger partial charge in [-0.15, -0.1) is 0 Å². The van der Waals surface area contributed by atoms with E-state index in [9.17, 15) is 0 Å². The third-order valence-corrected chi connectivity index (χ3v) is 3.78. The summed E-state index contributed by atoms with van der Waals surface area (Å²) < 4.78 is 5.60. The first kappa shape index (κ1) is 14.5. The minimum atomic E-state index is 0.519. The fraction of sp³-hybridized carbons (Fsp3) is 0.625. The summed E-state index contributed by atoms with van der Waals surface area (Å²) in [4.78, 5) is 2.40. The van der Waals surface area contributed by atoms with E-state index in [4.69, 9.17) is 4.74 Å². The van der Waals surface area contributed by atoms with Crippen LogP contribution in [0.3, 0.4) is 0 Å². The van der Waals surface area contributed by atoms with Crippen LogP contribution >= 0.6 is 0 Å². The lowest BCUT2D eigenvalue weighted by molar-refractivity contribution is 0.172. The molecular formula is C16H26N2O. The van der Waals surface area contributed by atoms with Crippen LogP contribution in [-0.4, -0.2) is 44.3 Å². The van der Waals surface area contributed by atoms with Gasteiger partial charge in [-0.25, -0.2) is 0 Å². The second-order valence-corrected chi connectivity index (χ2v) is 5.64. The van der Waals surface area contributed by atoms with E-state index in [1.165, 1.54) is 11.1 Å². The summed E-state index contributed by atoms with van der Waals surface area (Å²) in [6.45, 7) is 9.15. The van der Waals surface area contributed by atoms with Crippen molar-refractivity contribution in [2.45, 2.75) is 26.4 Å². The average Bonchev–Trinajstić information content (AvgIpc) is 2.80. The molecule has 0 aromatic heterocycles. The molecule has 0 radical (unpaired) electrons. The SMILES string of the molecule is CCNC1COCC1CN(C)Cc1ccc(C)cc1. The number of ether oxygens (including phenoxy) is 1. The van der Waals surface area contributed by atoms with Gasteiger partial charge in [0.25, 0.3) is 0 Å². The highest BCUT2D eigenvalue weighted by atomic mass is 16.5. The number of hydrogen-bond acceptors (Lipinski definition) is 3. The normalized spacial score (nSPS) is 23.2. The maximum absolute atomic E-state index is 5.60. The Kier molecular flexibility index (Phi) is 5.37. The van der Waals surface area contributed by atoms with Crippen LogP contribution in [0.25, 0.3) is 0 Å². The monoisotopic (exact) mass is 262 g/mol. The smallest absolute Gasteiger partial charge is 0.0623 e. The average molecular weight is 262 g/mol. The van der Waals surface area contributed by atoms with Crippen LogP contribution in [0.4, 0.5) is 0 Å². The number of aryl methyl sites for hydroxylation is 1. The molecule has 0 aliphatic carbocycles. The molecule has 2 atom stereocenters. The Bertz CT molecular complexity index is 377. The summed E-state index contributed by atoms with van der Waals surface area (Å²) in [5, 5.41) is 3.52. The minimum absolute atomic E-state index is 0.519. The number of likely N-dealkylation sites (N-methyl/N-ethyl adjacent to an activating group) is 1. The molecule has 1 N–H and O–H groups in total. The van der Waals surface area contributed by atoms with Crippen molar-refractivity contribution in [3.05, 3.63) is 35.4 Å². The van der Waals surface area contributed by atoms with Gasteiger partial charge in [0.1, 0.15) is 0 Å². The zero-order valence-electron chi connectivity index (χ0n) is 12.4. The van der Waals surface area contributed by atoms with E-state index >= 15 is 0 Å². The van der Waals surface area contributed by atoms with Crippen molar-refractivity contribution < 1.29 is 4.74 Å². The van der Waals surface area contributed by atoms with Gasteiger partial charge in [-0.2, -0.15) is 0 Å². The van der Waals surface area contributed by atoms with Crippen molar-refractivity contribution in [2.75, 3.05) is 33.4 Å². The van der Waals surface area contributed by atoms with Gasteiger partial charge in [-0.05, 0) is 26.1 Å². The Morgan fingerprint density at radius 1 is 1.26 bits per heavy atom. The van der Waals surface area contributed by atoms with Crippen LogP contribution in [0.2, 0.25) is 0 Å². The molecule has 1 fully saturated rings. The third-order valence-electron chi connectivity index (χ3n) is 3.78. The lowest BCUT2D eigenvalue weighted by atomic mass is 10.0.